The highest BCUT2D eigenvalue weighted by Gasteiger charge is 2.11. The first kappa shape index (κ1) is 16.2. The van der Waals surface area contributed by atoms with Gasteiger partial charge in [0.2, 0.25) is 5.88 Å². The third kappa shape index (κ3) is 3.64. The highest BCUT2D eigenvalue weighted by Crippen LogP contribution is 2.21. The number of hydrogen-bond acceptors (Lipinski definition) is 5. The minimum Gasteiger partial charge on any atom is -0.437 e. The molecule has 3 rings (SSSR count). The van der Waals surface area contributed by atoms with Crippen LogP contribution in [-0.2, 0) is 4.79 Å². The van der Waals surface area contributed by atoms with Crippen LogP contribution in [0.5, 0.6) is 11.6 Å². The number of carbonyl (C=O) groups excluding carboxylic acids is 1. The summed E-state index contributed by atoms with van der Waals surface area (Å²) >= 11 is 0. The summed E-state index contributed by atoms with van der Waals surface area (Å²) in [5.74, 6) is 0.632. The number of H-pyrrole nitrogens is 1. The zero-order chi connectivity index (χ0) is 17.8. The van der Waals surface area contributed by atoms with Crippen molar-refractivity contribution in [2.75, 3.05) is 14.1 Å². The van der Waals surface area contributed by atoms with Gasteiger partial charge in [-0.2, -0.15) is 5.26 Å². The summed E-state index contributed by atoms with van der Waals surface area (Å²) in [6.45, 7) is 0. The number of rotatable bonds is 4. The van der Waals surface area contributed by atoms with Crippen LogP contribution in [0.3, 0.4) is 0 Å². The number of aromatic amines is 1. The zero-order valence-corrected chi connectivity index (χ0v) is 13.7. The predicted octanol–water partition coefficient (Wildman–Crippen LogP) is 2.75. The molecule has 2 heterocycles. The van der Waals surface area contributed by atoms with E-state index in [4.69, 9.17) is 10.00 Å². The number of nitrogens with one attached hydrogen (secondary N) is 1. The molecule has 0 spiro atoms. The molecule has 124 valence electrons. The number of nitrogens with zero attached hydrogens (tertiary/aromatic N) is 4. The summed E-state index contributed by atoms with van der Waals surface area (Å²) in [7, 11) is 3.21. The molecule has 0 saturated heterocycles. The van der Waals surface area contributed by atoms with Gasteiger partial charge in [0.25, 0.3) is 5.91 Å². The largest absolute Gasteiger partial charge is 0.437 e. The van der Waals surface area contributed by atoms with E-state index in [1.807, 2.05) is 12.1 Å². The number of hydrogen-bond donors (Lipinski definition) is 1. The van der Waals surface area contributed by atoms with E-state index >= 15 is 0 Å². The third-order valence-corrected chi connectivity index (χ3v) is 3.41. The fourth-order valence-electron chi connectivity index (χ4n) is 2.16. The van der Waals surface area contributed by atoms with Crippen LogP contribution in [0, 0.1) is 11.3 Å². The molecule has 0 aliphatic rings. The molecular weight excluding hydrogens is 318 g/mol. The van der Waals surface area contributed by atoms with E-state index in [9.17, 15) is 4.79 Å². The lowest BCUT2D eigenvalue weighted by atomic mass is 10.1. The van der Waals surface area contributed by atoms with Crippen molar-refractivity contribution in [2.45, 2.75) is 0 Å². The van der Waals surface area contributed by atoms with E-state index in [0.29, 0.717) is 17.3 Å². The van der Waals surface area contributed by atoms with Gasteiger partial charge in [-0.15, -0.1) is 0 Å². The summed E-state index contributed by atoms with van der Waals surface area (Å²) in [4.78, 5) is 24.7. The molecule has 7 nitrogen and oxygen atoms in total. The second-order valence-electron chi connectivity index (χ2n) is 5.46. The maximum atomic E-state index is 11.9. The molecule has 0 atom stereocenters. The first-order chi connectivity index (χ1) is 12.1. The van der Waals surface area contributed by atoms with Crippen LogP contribution in [-0.4, -0.2) is 39.9 Å². The number of likely N-dealkylation sites (N-methyl/N-ethyl adjacent to an activating group) is 1. The van der Waals surface area contributed by atoms with Crippen LogP contribution in [0.2, 0.25) is 0 Å². The maximum absolute atomic E-state index is 11.9. The Morgan fingerprint density at radius 2 is 2.04 bits per heavy atom. The first-order valence-corrected chi connectivity index (χ1v) is 7.48. The Balaban J connectivity index is 1.77. The highest BCUT2D eigenvalue weighted by molar-refractivity contribution is 6.01. The monoisotopic (exact) mass is 333 g/mol. The normalized spacial score (nSPS) is 11.2. The second kappa shape index (κ2) is 6.84. The zero-order valence-electron chi connectivity index (χ0n) is 13.7. The van der Waals surface area contributed by atoms with E-state index in [0.717, 1.165) is 11.1 Å². The molecule has 7 heteroatoms. The minimum absolute atomic E-state index is 0.0717. The molecule has 3 aromatic rings. The van der Waals surface area contributed by atoms with Gasteiger partial charge in [-0.25, -0.2) is 9.97 Å². The third-order valence-electron chi connectivity index (χ3n) is 3.41. The van der Waals surface area contributed by atoms with Crippen LogP contribution >= 0.6 is 0 Å². The molecule has 0 aliphatic carbocycles. The summed E-state index contributed by atoms with van der Waals surface area (Å²) < 4.78 is 5.68. The smallest absolute Gasteiger partial charge is 0.264 e. The molecule has 2 aromatic heterocycles. The molecule has 0 bridgehead atoms. The highest BCUT2D eigenvalue weighted by atomic mass is 16.5. The Morgan fingerprint density at radius 1 is 1.28 bits per heavy atom. The summed E-state index contributed by atoms with van der Waals surface area (Å²) in [5.41, 5.74) is 2.22. The van der Waals surface area contributed by atoms with E-state index in [1.165, 1.54) is 17.2 Å². The quantitative estimate of drug-likeness (QED) is 0.585. The van der Waals surface area contributed by atoms with E-state index in [1.54, 1.807) is 44.6 Å². The Kier molecular flexibility index (Phi) is 4.44. The SMILES string of the molecule is CN(C)C(=O)C(C#N)=Cc1ccc(Oc2cnc3[nH]ccc3n2)cc1. The van der Waals surface area contributed by atoms with Crippen LogP contribution in [0.1, 0.15) is 5.56 Å². The van der Waals surface area contributed by atoms with Gasteiger partial charge in [-0.3, -0.25) is 4.79 Å². The minimum atomic E-state index is -0.335. The second-order valence-corrected chi connectivity index (χ2v) is 5.46. The van der Waals surface area contributed by atoms with Crippen LogP contribution in [0.4, 0.5) is 0 Å². The molecule has 0 radical (unpaired) electrons. The fraction of sp³-hybridized carbons (Fsp3) is 0.111. The van der Waals surface area contributed by atoms with Gasteiger partial charge in [0.15, 0.2) is 5.65 Å². The van der Waals surface area contributed by atoms with E-state index in [-0.39, 0.29) is 11.5 Å². The number of amides is 1. The van der Waals surface area contributed by atoms with E-state index in [2.05, 4.69) is 15.0 Å². The van der Waals surface area contributed by atoms with Crippen molar-refractivity contribution in [3.05, 3.63) is 53.9 Å². The van der Waals surface area contributed by atoms with E-state index < -0.39 is 0 Å². The average molecular weight is 333 g/mol. The number of nitriles is 1. The number of ether oxygens (including phenoxy) is 1. The number of fused-ring (bicyclic) bond motifs is 1. The van der Waals surface area contributed by atoms with Crippen LogP contribution in [0.15, 0.2) is 48.3 Å². The number of aromatic nitrogens is 3. The molecule has 0 saturated carbocycles. The van der Waals surface area contributed by atoms with Crippen molar-refractivity contribution in [3.63, 3.8) is 0 Å². The van der Waals surface area contributed by atoms with Gasteiger partial charge in [0, 0.05) is 20.3 Å². The Morgan fingerprint density at radius 3 is 2.72 bits per heavy atom. The van der Waals surface area contributed by atoms with Crippen molar-refractivity contribution in [2.24, 2.45) is 0 Å². The lowest BCUT2D eigenvalue weighted by Crippen LogP contribution is -2.22. The van der Waals surface area contributed by atoms with Gasteiger partial charge < -0.3 is 14.6 Å². The van der Waals surface area contributed by atoms with Crippen molar-refractivity contribution in [3.8, 4) is 17.7 Å². The molecule has 1 N–H and O–H groups in total. The maximum Gasteiger partial charge on any atom is 0.264 e. The molecule has 0 fully saturated rings. The summed E-state index contributed by atoms with van der Waals surface area (Å²) in [6, 6.07) is 10.7. The van der Waals surface area contributed by atoms with Crippen LogP contribution in [0.25, 0.3) is 17.2 Å². The lowest BCUT2D eigenvalue weighted by molar-refractivity contribution is -0.124. The van der Waals surface area contributed by atoms with Crippen LogP contribution < -0.4 is 4.74 Å². The Labute approximate surface area is 144 Å². The fourth-order valence-corrected chi connectivity index (χ4v) is 2.16. The first-order valence-electron chi connectivity index (χ1n) is 7.48. The average Bonchev–Trinajstić information content (AvgIpc) is 3.08. The number of carbonyl (C=O) groups is 1. The van der Waals surface area contributed by atoms with Gasteiger partial charge in [-0.05, 0) is 29.8 Å². The number of benzene rings is 1. The van der Waals surface area contributed by atoms with Crippen molar-refractivity contribution in [1.82, 2.24) is 19.9 Å². The van der Waals surface area contributed by atoms with Gasteiger partial charge in [0.05, 0.1) is 6.20 Å². The molecule has 25 heavy (non-hydrogen) atoms. The molecular formula is C18H15N5O2. The summed E-state index contributed by atoms with van der Waals surface area (Å²) in [5, 5.41) is 9.12. The molecule has 1 amide bonds. The lowest BCUT2D eigenvalue weighted by Gasteiger charge is -2.08. The molecule has 0 unspecified atom stereocenters. The molecule has 0 aliphatic heterocycles. The van der Waals surface area contributed by atoms with Gasteiger partial charge in [0.1, 0.15) is 22.9 Å². The van der Waals surface area contributed by atoms with Gasteiger partial charge >= 0.3 is 0 Å². The van der Waals surface area contributed by atoms with Gasteiger partial charge in [-0.1, -0.05) is 12.1 Å². The van der Waals surface area contributed by atoms with Crippen molar-refractivity contribution >= 4 is 23.1 Å². The Hall–Kier alpha value is -3.66. The summed E-state index contributed by atoms with van der Waals surface area (Å²) in [6.07, 6.45) is 4.84. The van der Waals surface area contributed by atoms with Crippen molar-refractivity contribution < 1.29 is 9.53 Å². The standard InChI is InChI=1S/C18H15N5O2/c1-23(2)18(24)13(10-19)9-12-3-5-14(6-4-12)25-16-11-21-17-15(22-16)7-8-20-17/h3-9,11H,1-2H3,(H,20,21). The Bertz CT molecular complexity index is 981. The predicted molar refractivity (Wildman–Crippen MR) is 92.7 cm³/mol. The molecule has 1 aromatic carbocycles. The van der Waals surface area contributed by atoms with Crippen molar-refractivity contribution in [1.29, 1.82) is 5.26 Å². The topological polar surface area (TPSA) is 94.9 Å².